The van der Waals surface area contributed by atoms with Crippen LogP contribution in [0.25, 0.3) is 0 Å². The third kappa shape index (κ3) is 3.07. The molecule has 0 spiro atoms. The maximum absolute atomic E-state index is 13.1. The Balaban J connectivity index is 2.11. The molecule has 1 fully saturated rings. The number of aliphatic hydroxyl groups excluding tert-OH is 1. The summed E-state index contributed by atoms with van der Waals surface area (Å²) in [5.41, 5.74) is 0.328. The number of carbonyl (C=O) groups is 2. The van der Waals surface area contributed by atoms with E-state index >= 15 is 0 Å². The van der Waals surface area contributed by atoms with Crippen molar-refractivity contribution in [2.75, 3.05) is 11.9 Å². The smallest absolute Gasteiger partial charge is 0.326 e. The first-order valence-electron chi connectivity index (χ1n) is 5.82. The molecule has 20 heavy (non-hydrogen) atoms. The van der Waals surface area contributed by atoms with E-state index in [0.29, 0.717) is 5.69 Å². The van der Waals surface area contributed by atoms with Gasteiger partial charge in [0.2, 0.25) is 0 Å². The summed E-state index contributed by atoms with van der Waals surface area (Å²) in [7, 11) is 0. The molecule has 2 unspecified atom stereocenters. The van der Waals surface area contributed by atoms with Gasteiger partial charge in [0.1, 0.15) is 11.9 Å². The van der Waals surface area contributed by atoms with Gasteiger partial charge in [0.25, 0.3) is 0 Å². The molecule has 0 saturated carbocycles. The van der Waals surface area contributed by atoms with Crippen molar-refractivity contribution in [1.29, 1.82) is 0 Å². The number of benzene rings is 1. The van der Waals surface area contributed by atoms with Gasteiger partial charge in [-0.25, -0.2) is 14.0 Å². The summed E-state index contributed by atoms with van der Waals surface area (Å²) in [5.74, 6) is -1.64. The molecule has 1 aliphatic rings. The maximum Gasteiger partial charge on any atom is 0.326 e. The zero-order valence-electron chi connectivity index (χ0n) is 10.2. The molecule has 2 rings (SSSR count). The highest BCUT2D eigenvalue weighted by Crippen LogP contribution is 2.22. The molecule has 3 N–H and O–H groups in total. The number of carbonyl (C=O) groups excluding carboxylic acids is 1. The van der Waals surface area contributed by atoms with Crippen LogP contribution in [-0.2, 0) is 4.79 Å². The number of carboxylic acids is 1. The van der Waals surface area contributed by atoms with E-state index in [0.717, 1.165) is 4.90 Å². The normalized spacial score (nSPS) is 21.9. The van der Waals surface area contributed by atoms with E-state index in [-0.39, 0.29) is 17.4 Å². The standard InChI is InChI=1S/C12H12BrFN2O4/c13-8-3-6(1-2-9(8)14)15-12(20)16-5-7(17)4-10(16)11(18)19/h1-3,7,10,17H,4-5H2,(H,15,20)(H,18,19). The van der Waals surface area contributed by atoms with E-state index in [9.17, 15) is 19.1 Å². The summed E-state index contributed by atoms with van der Waals surface area (Å²) in [5, 5.41) is 21.0. The summed E-state index contributed by atoms with van der Waals surface area (Å²) < 4.78 is 13.3. The lowest BCUT2D eigenvalue weighted by Gasteiger charge is -2.21. The highest BCUT2D eigenvalue weighted by atomic mass is 79.9. The zero-order chi connectivity index (χ0) is 14.9. The first kappa shape index (κ1) is 14.7. The Labute approximate surface area is 122 Å². The third-order valence-electron chi connectivity index (χ3n) is 3.00. The number of hydrogen-bond donors (Lipinski definition) is 3. The van der Waals surface area contributed by atoms with Gasteiger partial charge in [0.05, 0.1) is 10.6 Å². The Bertz CT molecular complexity index is 554. The number of aliphatic hydroxyl groups is 1. The highest BCUT2D eigenvalue weighted by molar-refractivity contribution is 9.10. The SMILES string of the molecule is O=C(O)C1CC(O)CN1C(=O)Nc1ccc(F)c(Br)c1. The van der Waals surface area contributed by atoms with E-state index in [1.165, 1.54) is 18.2 Å². The fourth-order valence-corrected chi connectivity index (χ4v) is 2.42. The van der Waals surface area contributed by atoms with Crippen molar-refractivity contribution in [3.8, 4) is 0 Å². The molecule has 1 saturated heterocycles. The predicted octanol–water partition coefficient (Wildman–Crippen LogP) is 1.64. The van der Waals surface area contributed by atoms with E-state index in [1.807, 2.05) is 0 Å². The van der Waals surface area contributed by atoms with Crippen LogP contribution in [0.2, 0.25) is 0 Å². The molecular formula is C12H12BrFN2O4. The number of anilines is 1. The topological polar surface area (TPSA) is 89.9 Å². The van der Waals surface area contributed by atoms with Gasteiger partial charge in [0, 0.05) is 18.7 Å². The second-order valence-electron chi connectivity index (χ2n) is 4.45. The molecule has 0 aliphatic carbocycles. The van der Waals surface area contributed by atoms with E-state index in [1.54, 1.807) is 0 Å². The van der Waals surface area contributed by atoms with Gasteiger partial charge in [-0.15, -0.1) is 0 Å². The van der Waals surface area contributed by atoms with Gasteiger partial charge < -0.3 is 20.4 Å². The molecule has 1 aliphatic heterocycles. The number of nitrogens with one attached hydrogen (secondary N) is 1. The molecule has 2 amide bonds. The number of hydrogen-bond acceptors (Lipinski definition) is 3. The van der Waals surface area contributed by atoms with Gasteiger partial charge in [-0.3, -0.25) is 0 Å². The quantitative estimate of drug-likeness (QED) is 0.759. The van der Waals surface area contributed by atoms with Crippen molar-refractivity contribution in [2.45, 2.75) is 18.6 Å². The molecule has 2 atom stereocenters. The highest BCUT2D eigenvalue weighted by Gasteiger charge is 2.39. The average Bonchev–Trinajstić information content (AvgIpc) is 2.76. The Hall–Kier alpha value is -1.67. The molecule has 0 aromatic heterocycles. The molecule has 6 nitrogen and oxygen atoms in total. The van der Waals surface area contributed by atoms with Crippen LogP contribution in [0.5, 0.6) is 0 Å². The lowest BCUT2D eigenvalue weighted by Crippen LogP contribution is -2.43. The fourth-order valence-electron chi connectivity index (χ4n) is 2.04. The van der Waals surface area contributed by atoms with Crippen molar-refractivity contribution in [3.63, 3.8) is 0 Å². The molecule has 0 bridgehead atoms. The number of β-amino-alcohol motifs (C(OH)–C–C–N with tert-alkyl or cyclic N) is 1. The number of urea groups is 1. The van der Waals surface area contributed by atoms with Crippen LogP contribution in [-0.4, -0.2) is 45.8 Å². The van der Waals surface area contributed by atoms with Crippen LogP contribution in [0.15, 0.2) is 22.7 Å². The van der Waals surface area contributed by atoms with Crippen LogP contribution in [0.3, 0.4) is 0 Å². The second kappa shape index (κ2) is 5.76. The van der Waals surface area contributed by atoms with Crippen molar-refractivity contribution < 1.29 is 24.2 Å². The van der Waals surface area contributed by atoms with Gasteiger partial charge in [-0.2, -0.15) is 0 Å². The van der Waals surface area contributed by atoms with Gasteiger partial charge in [-0.1, -0.05) is 0 Å². The Kier molecular flexibility index (Phi) is 4.24. The largest absolute Gasteiger partial charge is 0.480 e. The third-order valence-corrected chi connectivity index (χ3v) is 3.60. The van der Waals surface area contributed by atoms with Gasteiger partial charge in [-0.05, 0) is 34.1 Å². The summed E-state index contributed by atoms with van der Waals surface area (Å²) in [6.07, 6.45) is -0.864. The number of rotatable bonds is 2. The van der Waals surface area contributed by atoms with Crippen LogP contribution < -0.4 is 5.32 Å². The van der Waals surface area contributed by atoms with E-state index in [4.69, 9.17) is 5.11 Å². The summed E-state index contributed by atoms with van der Waals surface area (Å²) >= 11 is 2.99. The molecule has 1 aromatic rings. The van der Waals surface area contributed by atoms with Crippen LogP contribution in [0.4, 0.5) is 14.9 Å². The lowest BCUT2D eigenvalue weighted by molar-refractivity contribution is -0.141. The summed E-state index contributed by atoms with van der Waals surface area (Å²) in [4.78, 5) is 24.1. The number of amides is 2. The van der Waals surface area contributed by atoms with Gasteiger partial charge >= 0.3 is 12.0 Å². The minimum absolute atomic E-state index is 0.00410. The summed E-state index contributed by atoms with van der Waals surface area (Å²) in [6.45, 7) is -0.0504. The number of nitrogens with zero attached hydrogens (tertiary/aromatic N) is 1. The minimum atomic E-state index is -1.17. The number of aliphatic carboxylic acids is 1. The molecule has 1 aromatic carbocycles. The molecule has 1 heterocycles. The maximum atomic E-state index is 13.1. The van der Waals surface area contributed by atoms with Crippen molar-refractivity contribution in [2.24, 2.45) is 0 Å². The van der Waals surface area contributed by atoms with Crippen LogP contribution >= 0.6 is 15.9 Å². The zero-order valence-corrected chi connectivity index (χ0v) is 11.8. The summed E-state index contributed by atoms with van der Waals surface area (Å²) in [6, 6.07) is 2.20. The predicted molar refractivity (Wildman–Crippen MR) is 71.9 cm³/mol. The van der Waals surface area contributed by atoms with E-state index in [2.05, 4.69) is 21.2 Å². The molecular weight excluding hydrogens is 335 g/mol. The Morgan fingerprint density at radius 2 is 2.15 bits per heavy atom. The van der Waals surface area contributed by atoms with Crippen molar-refractivity contribution in [3.05, 3.63) is 28.5 Å². The Morgan fingerprint density at radius 1 is 1.45 bits per heavy atom. The number of halogens is 2. The van der Waals surface area contributed by atoms with Crippen molar-refractivity contribution >= 4 is 33.6 Å². The second-order valence-corrected chi connectivity index (χ2v) is 5.31. The fraction of sp³-hybridized carbons (Fsp3) is 0.333. The van der Waals surface area contributed by atoms with E-state index < -0.39 is 30.0 Å². The molecule has 0 radical (unpaired) electrons. The lowest BCUT2D eigenvalue weighted by atomic mass is 10.2. The first-order valence-corrected chi connectivity index (χ1v) is 6.61. The monoisotopic (exact) mass is 346 g/mol. The number of likely N-dealkylation sites (tertiary alicyclic amines) is 1. The minimum Gasteiger partial charge on any atom is -0.480 e. The molecule has 108 valence electrons. The average molecular weight is 347 g/mol. The van der Waals surface area contributed by atoms with Crippen LogP contribution in [0.1, 0.15) is 6.42 Å². The van der Waals surface area contributed by atoms with Crippen molar-refractivity contribution in [1.82, 2.24) is 4.90 Å². The Morgan fingerprint density at radius 3 is 2.75 bits per heavy atom. The molecule has 8 heteroatoms. The number of carboxylic acid groups (broad SMARTS) is 1. The first-order chi connectivity index (χ1) is 9.38. The van der Waals surface area contributed by atoms with Gasteiger partial charge in [0.15, 0.2) is 0 Å². The van der Waals surface area contributed by atoms with Crippen LogP contribution in [0, 0.1) is 5.82 Å².